The molecule has 0 aliphatic carbocycles. The summed E-state index contributed by atoms with van der Waals surface area (Å²) in [6.45, 7) is 10.7. The number of rotatable bonds is 8. The minimum Gasteiger partial charge on any atom is -0.508 e. The van der Waals surface area contributed by atoms with Gasteiger partial charge in [0.25, 0.3) is 0 Å². The van der Waals surface area contributed by atoms with Crippen LogP contribution in [0.1, 0.15) is 57.7 Å². The fourth-order valence-electron chi connectivity index (χ4n) is 3.81. The van der Waals surface area contributed by atoms with Gasteiger partial charge in [-0.1, -0.05) is 70.2 Å². The van der Waals surface area contributed by atoms with E-state index in [0.717, 1.165) is 23.5 Å². The minimum atomic E-state index is -0.185. The van der Waals surface area contributed by atoms with Crippen LogP contribution < -0.4 is 4.74 Å². The van der Waals surface area contributed by atoms with E-state index in [9.17, 15) is 10.2 Å². The molecule has 3 aromatic rings. The van der Waals surface area contributed by atoms with Crippen LogP contribution in [0.25, 0.3) is 0 Å². The molecule has 0 unspecified atom stereocenters. The molecule has 0 saturated heterocycles. The van der Waals surface area contributed by atoms with Crippen molar-refractivity contribution < 1.29 is 14.9 Å². The molecule has 3 nitrogen and oxygen atoms in total. The second-order valence-corrected chi connectivity index (χ2v) is 9.53. The van der Waals surface area contributed by atoms with Crippen LogP contribution in [-0.2, 0) is 10.8 Å². The molecule has 0 bridgehead atoms. The van der Waals surface area contributed by atoms with Crippen LogP contribution in [0.3, 0.4) is 0 Å². The Bertz CT molecular complexity index is 1100. The third-order valence-electron chi connectivity index (χ3n) is 6.24. The summed E-state index contributed by atoms with van der Waals surface area (Å²) < 4.78 is 6.10. The average Bonchev–Trinajstić information content (AvgIpc) is 2.79. The minimum absolute atomic E-state index is 0.0511. The molecular weight excluding hydrogens is 408 g/mol. The van der Waals surface area contributed by atoms with Gasteiger partial charge in [-0.05, 0) is 84.0 Å². The highest BCUT2D eigenvalue weighted by molar-refractivity contribution is 5.42. The Hall–Kier alpha value is -3.46. The zero-order valence-electron chi connectivity index (χ0n) is 20.2. The van der Waals surface area contributed by atoms with Crippen molar-refractivity contribution in [1.29, 1.82) is 0 Å². The molecule has 3 aromatic carbocycles. The lowest BCUT2D eigenvalue weighted by Gasteiger charge is -2.26. The lowest BCUT2D eigenvalue weighted by atomic mass is 9.78. The fourth-order valence-corrected chi connectivity index (χ4v) is 3.81. The summed E-state index contributed by atoms with van der Waals surface area (Å²) >= 11 is 0. The summed E-state index contributed by atoms with van der Waals surface area (Å²) in [5, 5.41) is 19.1. The number of aromatic hydroxyl groups is 2. The highest BCUT2D eigenvalue weighted by Gasteiger charge is 2.23. The lowest BCUT2D eigenvalue weighted by Crippen LogP contribution is -2.18. The first kappa shape index (κ1) is 24.2. The summed E-state index contributed by atoms with van der Waals surface area (Å²) in [5.74, 6) is 2.14. The maximum atomic E-state index is 9.57. The summed E-state index contributed by atoms with van der Waals surface area (Å²) in [6.07, 6.45) is 6.94. The lowest BCUT2D eigenvalue weighted by molar-refractivity contribution is 0.441. The number of benzene rings is 3. The number of hydrogen-bond donors (Lipinski definition) is 2. The molecule has 0 radical (unpaired) electrons. The first-order valence-corrected chi connectivity index (χ1v) is 11.3. The summed E-state index contributed by atoms with van der Waals surface area (Å²) in [6, 6.07) is 22.9. The van der Waals surface area contributed by atoms with Crippen molar-refractivity contribution in [3.8, 4) is 17.2 Å². The summed E-state index contributed by atoms with van der Waals surface area (Å²) in [5.41, 5.74) is 3.26. The van der Waals surface area contributed by atoms with Gasteiger partial charge < -0.3 is 14.9 Å². The topological polar surface area (TPSA) is 49.7 Å². The Morgan fingerprint density at radius 1 is 0.727 bits per heavy atom. The number of phenols is 2. The predicted octanol–water partition coefficient (Wildman–Crippen LogP) is 7.63. The third-order valence-corrected chi connectivity index (χ3v) is 6.24. The van der Waals surface area contributed by atoms with E-state index in [-0.39, 0.29) is 22.3 Å². The first-order valence-electron chi connectivity index (χ1n) is 11.3. The number of ether oxygens (including phenoxy) is 1. The fraction of sp³-hybridized carbons (Fsp3) is 0.267. The average molecular weight is 443 g/mol. The Balaban J connectivity index is 1.65. The van der Waals surface area contributed by atoms with Crippen LogP contribution in [-0.4, -0.2) is 10.2 Å². The molecule has 0 heterocycles. The molecule has 2 N–H and O–H groups in total. The second kappa shape index (κ2) is 9.99. The van der Waals surface area contributed by atoms with Gasteiger partial charge in [-0.25, -0.2) is 0 Å². The zero-order valence-corrected chi connectivity index (χ0v) is 20.2. The molecule has 0 atom stereocenters. The van der Waals surface area contributed by atoms with Crippen molar-refractivity contribution in [3.63, 3.8) is 0 Å². The van der Waals surface area contributed by atoms with Gasteiger partial charge in [-0.2, -0.15) is 0 Å². The molecule has 0 spiro atoms. The monoisotopic (exact) mass is 442 g/mol. The molecule has 3 rings (SSSR count). The molecule has 0 fully saturated rings. The standard InChI is InChI=1S/C30H34O3/c1-6-27(8-7-21-29(2,3)22-9-15-25(31)16-10-22)33-28-19-13-24(14-20-28)30(4,5)23-11-17-26(32)18-12-23/h6-20,31-32H,21H2,1-5H3/b8-7-,27-6+. The Morgan fingerprint density at radius 2 is 1.18 bits per heavy atom. The van der Waals surface area contributed by atoms with Crippen molar-refractivity contribution in [2.24, 2.45) is 0 Å². The van der Waals surface area contributed by atoms with E-state index < -0.39 is 0 Å². The van der Waals surface area contributed by atoms with Gasteiger partial charge in [0.05, 0.1) is 0 Å². The van der Waals surface area contributed by atoms with E-state index in [1.807, 2.05) is 55.5 Å². The Labute approximate surface area is 197 Å². The van der Waals surface area contributed by atoms with Gasteiger partial charge in [0, 0.05) is 5.41 Å². The van der Waals surface area contributed by atoms with Crippen LogP contribution in [0.4, 0.5) is 0 Å². The smallest absolute Gasteiger partial charge is 0.127 e. The van der Waals surface area contributed by atoms with Gasteiger partial charge in [0.2, 0.25) is 0 Å². The van der Waals surface area contributed by atoms with E-state index in [1.54, 1.807) is 24.3 Å². The Kier molecular flexibility index (Phi) is 7.33. The molecule has 0 aromatic heterocycles. The third kappa shape index (κ3) is 6.07. The number of hydrogen-bond acceptors (Lipinski definition) is 3. The van der Waals surface area contributed by atoms with Gasteiger partial charge in [-0.15, -0.1) is 0 Å². The van der Waals surface area contributed by atoms with Crippen LogP contribution >= 0.6 is 0 Å². The van der Waals surface area contributed by atoms with Crippen LogP contribution in [0.2, 0.25) is 0 Å². The predicted molar refractivity (Wildman–Crippen MR) is 136 cm³/mol. The van der Waals surface area contributed by atoms with Crippen molar-refractivity contribution in [3.05, 3.63) is 113 Å². The van der Waals surface area contributed by atoms with Crippen LogP contribution in [0.15, 0.2) is 96.8 Å². The van der Waals surface area contributed by atoms with Gasteiger partial charge in [-0.3, -0.25) is 0 Å². The van der Waals surface area contributed by atoms with Gasteiger partial charge in [0.1, 0.15) is 23.0 Å². The van der Waals surface area contributed by atoms with E-state index in [0.29, 0.717) is 0 Å². The van der Waals surface area contributed by atoms with Gasteiger partial charge in [0.15, 0.2) is 0 Å². The molecule has 33 heavy (non-hydrogen) atoms. The molecular formula is C30H34O3. The van der Waals surface area contributed by atoms with Crippen molar-refractivity contribution in [2.75, 3.05) is 0 Å². The number of allylic oxidation sites excluding steroid dienone is 3. The quantitative estimate of drug-likeness (QED) is 0.278. The molecule has 0 aliphatic rings. The summed E-state index contributed by atoms with van der Waals surface area (Å²) in [7, 11) is 0. The van der Waals surface area contributed by atoms with Crippen molar-refractivity contribution >= 4 is 0 Å². The number of phenolic OH excluding ortho intramolecular Hbond substituents is 2. The zero-order chi connectivity index (χ0) is 24.1. The maximum absolute atomic E-state index is 9.57. The van der Waals surface area contributed by atoms with E-state index in [1.165, 1.54) is 11.1 Å². The highest BCUT2D eigenvalue weighted by Crippen LogP contribution is 2.33. The maximum Gasteiger partial charge on any atom is 0.127 e. The van der Waals surface area contributed by atoms with Crippen molar-refractivity contribution in [2.45, 2.75) is 51.9 Å². The van der Waals surface area contributed by atoms with E-state index in [2.05, 4.69) is 45.9 Å². The second-order valence-electron chi connectivity index (χ2n) is 9.53. The molecule has 172 valence electrons. The summed E-state index contributed by atoms with van der Waals surface area (Å²) in [4.78, 5) is 0. The largest absolute Gasteiger partial charge is 0.508 e. The van der Waals surface area contributed by atoms with Crippen molar-refractivity contribution in [1.82, 2.24) is 0 Å². The van der Waals surface area contributed by atoms with Gasteiger partial charge >= 0.3 is 0 Å². The Morgan fingerprint density at radius 3 is 1.67 bits per heavy atom. The first-order chi connectivity index (χ1) is 15.6. The normalized spacial score (nSPS) is 12.8. The molecule has 0 saturated carbocycles. The van der Waals surface area contributed by atoms with Crippen LogP contribution in [0, 0.1) is 0 Å². The SMILES string of the molecule is C/C=C(\C=C/CC(C)(C)c1ccc(O)cc1)Oc1ccc(C(C)(C)c2ccc(O)cc2)cc1. The van der Waals surface area contributed by atoms with E-state index >= 15 is 0 Å². The molecule has 3 heteroatoms. The van der Waals surface area contributed by atoms with Crippen LogP contribution in [0.5, 0.6) is 17.2 Å². The molecule has 0 amide bonds. The highest BCUT2D eigenvalue weighted by atomic mass is 16.5. The van der Waals surface area contributed by atoms with E-state index in [4.69, 9.17) is 4.74 Å². The molecule has 0 aliphatic heterocycles.